The number of thiol groups is 1. The van der Waals surface area contributed by atoms with Gasteiger partial charge in [0.2, 0.25) is 0 Å². The van der Waals surface area contributed by atoms with E-state index in [0.29, 0.717) is 12.4 Å². The predicted molar refractivity (Wildman–Crippen MR) is 80.5 cm³/mol. The van der Waals surface area contributed by atoms with E-state index in [1.165, 1.54) is 18.2 Å². The lowest BCUT2D eigenvalue weighted by Crippen LogP contribution is -2.29. The van der Waals surface area contributed by atoms with Crippen LogP contribution in [0.4, 0.5) is 5.69 Å². The zero-order valence-electron chi connectivity index (χ0n) is 11.1. The van der Waals surface area contributed by atoms with E-state index >= 15 is 0 Å². The maximum atomic E-state index is 10.6. The lowest BCUT2D eigenvalue weighted by atomic mass is 9.85. The fourth-order valence-electron chi connectivity index (χ4n) is 1.67. The third kappa shape index (κ3) is 4.01. The third-order valence-corrected chi connectivity index (χ3v) is 4.46. The van der Waals surface area contributed by atoms with Crippen molar-refractivity contribution < 1.29 is 9.66 Å². The lowest BCUT2D eigenvalue weighted by Gasteiger charge is -2.29. The van der Waals surface area contributed by atoms with Gasteiger partial charge in [-0.05, 0) is 24.7 Å². The minimum atomic E-state index is -0.480. The summed E-state index contributed by atoms with van der Waals surface area (Å²) >= 11 is 10.4. The van der Waals surface area contributed by atoms with Crippen molar-refractivity contribution in [2.45, 2.75) is 26.7 Å². The van der Waals surface area contributed by atoms with Crippen molar-refractivity contribution >= 4 is 29.9 Å². The topological polar surface area (TPSA) is 52.4 Å². The number of hydrogen-bond donors (Lipinski definition) is 1. The van der Waals surface area contributed by atoms with E-state index in [0.717, 1.165) is 18.6 Å². The average molecular weight is 304 g/mol. The van der Waals surface area contributed by atoms with Gasteiger partial charge in [-0.2, -0.15) is 12.6 Å². The Morgan fingerprint density at radius 3 is 2.47 bits per heavy atom. The standard InChI is InChI=1S/C13H18ClNO3S/c1-3-13(4-2,9-19)8-18-12-6-5-10(15(16)17)7-11(12)14/h5-7,19H,3-4,8-9H2,1-2H3. The fraction of sp³-hybridized carbons (Fsp3) is 0.538. The number of nitro benzene ring substituents is 1. The van der Waals surface area contributed by atoms with Crippen molar-refractivity contribution in [1.29, 1.82) is 0 Å². The number of rotatable bonds is 7. The van der Waals surface area contributed by atoms with Gasteiger partial charge >= 0.3 is 0 Å². The van der Waals surface area contributed by atoms with Gasteiger partial charge in [-0.25, -0.2) is 0 Å². The number of nitro groups is 1. The van der Waals surface area contributed by atoms with Gasteiger partial charge in [0.05, 0.1) is 16.6 Å². The number of nitrogens with zero attached hydrogens (tertiary/aromatic N) is 1. The smallest absolute Gasteiger partial charge is 0.271 e. The van der Waals surface area contributed by atoms with Crippen LogP contribution in [0.25, 0.3) is 0 Å². The number of benzene rings is 1. The monoisotopic (exact) mass is 303 g/mol. The molecular formula is C13H18ClNO3S. The van der Waals surface area contributed by atoms with Crippen LogP contribution in [-0.4, -0.2) is 17.3 Å². The van der Waals surface area contributed by atoms with Gasteiger partial charge < -0.3 is 4.74 Å². The summed E-state index contributed by atoms with van der Waals surface area (Å²) in [4.78, 5) is 10.1. The first-order valence-corrected chi connectivity index (χ1v) is 7.16. The van der Waals surface area contributed by atoms with Crippen LogP contribution >= 0.6 is 24.2 Å². The minimum Gasteiger partial charge on any atom is -0.491 e. The molecule has 0 spiro atoms. The molecule has 106 valence electrons. The first kappa shape index (κ1) is 16.1. The summed E-state index contributed by atoms with van der Waals surface area (Å²) in [5.74, 6) is 1.20. The molecule has 0 N–H and O–H groups in total. The van der Waals surface area contributed by atoms with Crippen LogP contribution in [0.3, 0.4) is 0 Å². The highest BCUT2D eigenvalue weighted by Crippen LogP contribution is 2.33. The van der Waals surface area contributed by atoms with Crippen LogP contribution in [0.5, 0.6) is 5.75 Å². The molecule has 0 atom stereocenters. The van der Waals surface area contributed by atoms with Crippen molar-refractivity contribution in [2.24, 2.45) is 5.41 Å². The van der Waals surface area contributed by atoms with E-state index in [1.807, 2.05) is 0 Å². The van der Waals surface area contributed by atoms with Crippen molar-refractivity contribution in [3.05, 3.63) is 33.3 Å². The number of halogens is 1. The molecule has 0 fully saturated rings. The summed E-state index contributed by atoms with van der Waals surface area (Å²) in [7, 11) is 0. The highest BCUT2D eigenvalue weighted by atomic mass is 35.5. The Labute approximate surface area is 123 Å². The molecule has 0 aliphatic heterocycles. The Morgan fingerprint density at radius 1 is 1.42 bits per heavy atom. The lowest BCUT2D eigenvalue weighted by molar-refractivity contribution is -0.384. The second-order valence-electron chi connectivity index (χ2n) is 4.53. The average Bonchev–Trinajstić information content (AvgIpc) is 2.42. The molecule has 0 radical (unpaired) electrons. The first-order valence-electron chi connectivity index (χ1n) is 6.15. The van der Waals surface area contributed by atoms with Crippen molar-refractivity contribution in [1.82, 2.24) is 0 Å². The molecule has 0 aliphatic carbocycles. The van der Waals surface area contributed by atoms with Crippen LogP contribution in [0.1, 0.15) is 26.7 Å². The summed E-state index contributed by atoms with van der Waals surface area (Å²) in [5, 5.41) is 10.9. The van der Waals surface area contributed by atoms with Gasteiger partial charge in [0.1, 0.15) is 5.75 Å². The quantitative estimate of drug-likeness (QED) is 0.462. The van der Waals surface area contributed by atoms with Crippen LogP contribution in [-0.2, 0) is 0 Å². The molecule has 0 amide bonds. The molecule has 4 nitrogen and oxygen atoms in total. The summed E-state index contributed by atoms with van der Waals surface area (Å²) in [6.07, 6.45) is 1.91. The van der Waals surface area contributed by atoms with Gasteiger partial charge in [0, 0.05) is 17.5 Å². The molecule has 0 heterocycles. The third-order valence-electron chi connectivity index (χ3n) is 3.50. The van der Waals surface area contributed by atoms with Gasteiger partial charge in [-0.3, -0.25) is 10.1 Å². The number of non-ortho nitro benzene ring substituents is 1. The molecule has 1 aromatic carbocycles. The molecule has 0 saturated carbocycles. The summed E-state index contributed by atoms with van der Waals surface area (Å²) < 4.78 is 5.71. The van der Waals surface area contributed by atoms with Gasteiger partial charge in [0.25, 0.3) is 5.69 Å². The zero-order valence-corrected chi connectivity index (χ0v) is 12.7. The highest BCUT2D eigenvalue weighted by Gasteiger charge is 2.26. The van der Waals surface area contributed by atoms with Gasteiger partial charge in [0.15, 0.2) is 0 Å². The van der Waals surface area contributed by atoms with Crippen molar-refractivity contribution in [3.63, 3.8) is 0 Å². The second kappa shape index (κ2) is 7.01. The Bertz CT molecular complexity index is 441. The Morgan fingerprint density at radius 2 is 2.05 bits per heavy atom. The van der Waals surface area contributed by atoms with Crippen LogP contribution < -0.4 is 4.74 Å². The van der Waals surface area contributed by atoms with Crippen LogP contribution in [0.2, 0.25) is 5.02 Å². The predicted octanol–water partition coefficient (Wildman–Crippen LogP) is 4.36. The number of ether oxygens (including phenoxy) is 1. The SMILES string of the molecule is CCC(CC)(CS)COc1ccc([N+](=O)[O-])cc1Cl. The normalized spacial score (nSPS) is 11.4. The minimum absolute atomic E-state index is 0.00815. The van der Waals surface area contributed by atoms with Crippen LogP contribution in [0.15, 0.2) is 18.2 Å². The van der Waals surface area contributed by atoms with E-state index in [-0.39, 0.29) is 16.1 Å². The van der Waals surface area contributed by atoms with E-state index in [1.54, 1.807) is 0 Å². The molecule has 1 rings (SSSR count). The van der Waals surface area contributed by atoms with E-state index < -0.39 is 4.92 Å². The van der Waals surface area contributed by atoms with Gasteiger partial charge in [-0.1, -0.05) is 25.4 Å². The fourth-order valence-corrected chi connectivity index (χ4v) is 2.44. The highest BCUT2D eigenvalue weighted by molar-refractivity contribution is 7.80. The second-order valence-corrected chi connectivity index (χ2v) is 5.25. The molecular weight excluding hydrogens is 286 g/mol. The Hall–Kier alpha value is -0.940. The first-order chi connectivity index (χ1) is 8.98. The molecule has 0 saturated heterocycles. The largest absolute Gasteiger partial charge is 0.491 e. The molecule has 0 aromatic heterocycles. The summed E-state index contributed by atoms with van der Waals surface area (Å²) in [5.41, 5.74) is -0.0300. The van der Waals surface area contributed by atoms with Crippen molar-refractivity contribution in [3.8, 4) is 5.75 Å². The summed E-state index contributed by atoms with van der Waals surface area (Å²) in [6.45, 7) is 4.70. The Kier molecular flexibility index (Phi) is 5.94. The molecule has 0 unspecified atom stereocenters. The molecule has 0 aliphatic rings. The maximum Gasteiger partial charge on any atom is 0.271 e. The summed E-state index contributed by atoms with van der Waals surface area (Å²) in [6, 6.07) is 4.23. The maximum absolute atomic E-state index is 10.6. The van der Waals surface area contributed by atoms with E-state index in [9.17, 15) is 10.1 Å². The number of hydrogen-bond acceptors (Lipinski definition) is 4. The molecule has 19 heavy (non-hydrogen) atoms. The van der Waals surface area contributed by atoms with E-state index in [2.05, 4.69) is 26.5 Å². The van der Waals surface area contributed by atoms with E-state index in [4.69, 9.17) is 16.3 Å². The molecule has 0 bridgehead atoms. The zero-order chi connectivity index (χ0) is 14.5. The van der Waals surface area contributed by atoms with Gasteiger partial charge in [-0.15, -0.1) is 0 Å². The Balaban J connectivity index is 2.80. The molecule has 6 heteroatoms. The van der Waals surface area contributed by atoms with Crippen LogP contribution in [0, 0.1) is 15.5 Å². The molecule has 1 aromatic rings. The van der Waals surface area contributed by atoms with Crippen molar-refractivity contribution in [2.75, 3.05) is 12.4 Å².